The first-order valence-corrected chi connectivity index (χ1v) is 11.1. The van der Waals surface area contributed by atoms with Crippen LogP contribution >= 0.6 is 11.3 Å². The fraction of sp³-hybridized carbons (Fsp3) is 0.217. The first-order valence-electron chi connectivity index (χ1n) is 10.3. The normalized spacial score (nSPS) is 11.8. The smallest absolute Gasteiger partial charge is 0.243 e. The molecule has 3 aromatic heterocycles. The number of carbonyl (C=O) groups is 1. The molecule has 0 radical (unpaired) electrons. The number of hydrogen-bond acceptors (Lipinski definition) is 7. The Bertz CT molecular complexity index is 1160. The molecule has 0 aliphatic rings. The van der Waals surface area contributed by atoms with E-state index in [1.807, 2.05) is 68.8 Å². The van der Waals surface area contributed by atoms with Crippen LogP contribution < -0.4 is 16.0 Å². The third kappa shape index (κ3) is 5.37. The molecule has 8 nitrogen and oxygen atoms in total. The van der Waals surface area contributed by atoms with Crippen LogP contribution in [0.4, 0.5) is 11.6 Å². The van der Waals surface area contributed by atoms with Gasteiger partial charge >= 0.3 is 0 Å². The number of nitrogens with one attached hydrogen (secondary N) is 3. The quantitative estimate of drug-likeness (QED) is 0.364. The highest BCUT2D eigenvalue weighted by atomic mass is 32.1. The van der Waals surface area contributed by atoms with Crippen LogP contribution in [-0.2, 0) is 24.8 Å². The number of aryl methyl sites for hydroxylation is 1. The number of rotatable bonds is 9. The third-order valence-corrected chi connectivity index (χ3v) is 5.83. The number of benzene rings is 1. The van der Waals surface area contributed by atoms with Crippen LogP contribution in [0.1, 0.15) is 10.4 Å². The van der Waals surface area contributed by atoms with Crippen LogP contribution in [0.3, 0.4) is 0 Å². The maximum atomic E-state index is 13.2. The molecule has 1 amide bonds. The molecule has 32 heavy (non-hydrogen) atoms. The number of amides is 1. The van der Waals surface area contributed by atoms with Crippen LogP contribution in [0.2, 0.25) is 0 Å². The van der Waals surface area contributed by atoms with Crippen molar-refractivity contribution in [3.8, 4) is 11.3 Å². The SMILES string of the molecule is CNc1cc(-c2cc(NC(=O)[C@H](Cc3ccccc3)NCc3cncs3)n(C)n2)ccn1. The summed E-state index contributed by atoms with van der Waals surface area (Å²) in [6.07, 6.45) is 4.12. The van der Waals surface area contributed by atoms with Gasteiger partial charge in [-0.3, -0.25) is 14.5 Å². The molecular weight excluding hydrogens is 422 g/mol. The van der Waals surface area contributed by atoms with Crippen molar-refractivity contribution in [1.82, 2.24) is 25.1 Å². The van der Waals surface area contributed by atoms with Crippen molar-refractivity contribution >= 4 is 28.9 Å². The summed E-state index contributed by atoms with van der Waals surface area (Å²) in [6.45, 7) is 0.579. The van der Waals surface area contributed by atoms with E-state index in [9.17, 15) is 4.79 Å². The van der Waals surface area contributed by atoms with Crippen molar-refractivity contribution in [2.45, 2.75) is 19.0 Å². The first kappa shape index (κ1) is 21.7. The molecule has 3 N–H and O–H groups in total. The van der Waals surface area contributed by atoms with Gasteiger partial charge in [-0.15, -0.1) is 11.3 Å². The topological polar surface area (TPSA) is 96.8 Å². The Morgan fingerprint density at radius 2 is 2.03 bits per heavy atom. The summed E-state index contributed by atoms with van der Waals surface area (Å²) in [5.74, 6) is 1.28. The number of thiazole rings is 1. The van der Waals surface area contributed by atoms with Crippen LogP contribution in [0.25, 0.3) is 11.3 Å². The van der Waals surface area contributed by atoms with Crippen LogP contribution in [0, 0.1) is 0 Å². The fourth-order valence-corrected chi connectivity index (χ4v) is 3.87. The van der Waals surface area contributed by atoms with E-state index in [1.165, 1.54) is 0 Å². The van der Waals surface area contributed by atoms with E-state index in [2.05, 4.69) is 31.0 Å². The standard InChI is InChI=1S/C23H25N7OS/c1-24-21-11-17(8-9-26-21)19-12-22(30(2)29-19)28-23(31)20(10-16-6-4-3-5-7-16)27-14-18-13-25-15-32-18/h3-9,11-13,15,20,27H,10,14H2,1-2H3,(H,24,26)(H,28,31)/t20-/m0/s1. The zero-order valence-electron chi connectivity index (χ0n) is 17.9. The number of carbonyl (C=O) groups excluding carboxylic acids is 1. The van der Waals surface area contributed by atoms with Gasteiger partial charge in [0.05, 0.1) is 17.2 Å². The minimum Gasteiger partial charge on any atom is -0.373 e. The minimum absolute atomic E-state index is 0.112. The van der Waals surface area contributed by atoms with Crippen molar-refractivity contribution < 1.29 is 4.79 Å². The van der Waals surface area contributed by atoms with Crippen LogP contribution in [0.15, 0.2) is 66.4 Å². The van der Waals surface area contributed by atoms with Crippen LogP contribution in [0.5, 0.6) is 0 Å². The van der Waals surface area contributed by atoms with Crippen LogP contribution in [-0.4, -0.2) is 38.7 Å². The lowest BCUT2D eigenvalue weighted by molar-refractivity contribution is -0.118. The highest BCUT2D eigenvalue weighted by molar-refractivity contribution is 7.09. The Hall–Kier alpha value is -3.56. The second kappa shape index (κ2) is 10.2. The van der Waals surface area contributed by atoms with Crippen molar-refractivity contribution in [2.24, 2.45) is 7.05 Å². The molecule has 1 atom stereocenters. The predicted molar refractivity (Wildman–Crippen MR) is 128 cm³/mol. The largest absolute Gasteiger partial charge is 0.373 e. The van der Waals surface area contributed by atoms with Gasteiger partial charge in [-0.25, -0.2) is 4.98 Å². The summed E-state index contributed by atoms with van der Waals surface area (Å²) in [7, 11) is 3.64. The van der Waals surface area contributed by atoms with Crippen molar-refractivity contribution in [2.75, 3.05) is 17.7 Å². The molecule has 0 bridgehead atoms. The number of hydrogen-bond donors (Lipinski definition) is 3. The molecule has 1 aromatic carbocycles. The zero-order valence-corrected chi connectivity index (χ0v) is 18.8. The summed E-state index contributed by atoms with van der Waals surface area (Å²) in [4.78, 5) is 22.7. The van der Waals surface area contributed by atoms with Gasteiger partial charge < -0.3 is 16.0 Å². The number of anilines is 2. The Morgan fingerprint density at radius 1 is 1.19 bits per heavy atom. The number of aromatic nitrogens is 4. The Labute approximate surface area is 190 Å². The molecule has 0 saturated carbocycles. The molecular formula is C23H25N7OS. The molecule has 0 spiro atoms. The van der Waals surface area contributed by atoms with E-state index in [1.54, 1.807) is 27.7 Å². The molecule has 0 fully saturated rings. The monoisotopic (exact) mass is 447 g/mol. The molecule has 4 rings (SSSR count). The highest BCUT2D eigenvalue weighted by Gasteiger charge is 2.21. The summed E-state index contributed by atoms with van der Waals surface area (Å²) in [5.41, 5.74) is 4.56. The summed E-state index contributed by atoms with van der Waals surface area (Å²) in [6, 6.07) is 15.3. The summed E-state index contributed by atoms with van der Waals surface area (Å²) in [5, 5.41) is 14.0. The third-order valence-electron chi connectivity index (χ3n) is 5.05. The summed E-state index contributed by atoms with van der Waals surface area (Å²) < 4.78 is 1.68. The van der Waals surface area contributed by atoms with Gasteiger partial charge in [0, 0.05) is 49.5 Å². The maximum Gasteiger partial charge on any atom is 0.243 e. The Balaban J connectivity index is 1.51. The predicted octanol–water partition coefficient (Wildman–Crippen LogP) is 3.32. The summed E-state index contributed by atoms with van der Waals surface area (Å²) >= 11 is 1.56. The molecule has 164 valence electrons. The Kier molecular flexibility index (Phi) is 6.88. The second-order valence-corrected chi connectivity index (χ2v) is 8.27. The van der Waals surface area contributed by atoms with Gasteiger partial charge in [-0.05, 0) is 24.1 Å². The first-order chi connectivity index (χ1) is 15.6. The molecule has 0 aliphatic carbocycles. The van der Waals surface area contributed by atoms with Gasteiger partial charge in [0.2, 0.25) is 5.91 Å². The second-order valence-electron chi connectivity index (χ2n) is 7.30. The highest BCUT2D eigenvalue weighted by Crippen LogP contribution is 2.23. The average Bonchev–Trinajstić information content (AvgIpc) is 3.47. The van der Waals surface area contributed by atoms with Crippen molar-refractivity contribution in [3.05, 3.63) is 76.9 Å². The van der Waals surface area contributed by atoms with E-state index in [0.717, 1.165) is 27.5 Å². The molecule has 0 saturated heterocycles. The van der Waals surface area contributed by atoms with E-state index < -0.39 is 6.04 Å². The van der Waals surface area contributed by atoms with Gasteiger partial charge in [0.25, 0.3) is 0 Å². The van der Waals surface area contributed by atoms with Gasteiger partial charge in [0.1, 0.15) is 11.6 Å². The number of nitrogens with zero attached hydrogens (tertiary/aromatic N) is 4. The Morgan fingerprint density at radius 3 is 2.78 bits per heavy atom. The molecule has 0 aliphatic heterocycles. The lowest BCUT2D eigenvalue weighted by Crippen LogP contribution is -2.42. The molecule has 0 unspecified atom stereocenters. The van der Waals surface area contributed by atoms with E-state index in [4.69, 9.17) is 0 Å². The minimum atomic E-state index is -0.408. The van der Waals surface area contributed by atoms with Crippen molar-refractivity contribution in [1.29, 1.82) is 0 Å². The van der Waals surface area contributed by atoms with Crippen molar-refractivity contribution in [3.63, 3.8) is 0 Å². The molecule has 9 heteroatoms. The average molecular weight is 448 g/mol. The van der Waals surface area contributed by atoms with Gasteiger partial charge in [0.15, 0.2) is 0 Å². The fourth-order valence-electron chi connectivity index (χ4n) is 3.33. The van der Waals surface area contributed by atoms with Gasteiger partial charge in [-0.2, -0.15) is 5.10 Å². The maximum absolute atomic E-state index is 13.2. The van der Waals surface area contributed by atoms with E-state index in [0.29, 0.717) is 18.8 Å². The van der Waals surface area contributed by atoms with E-state index >= 15 is 0 Å². The number of pyridine rings is 1. The van der Waals surface area contributed by atoms with Gasteiger partial charge in [-0.1, -0.05) is 30.3 Å². The zero-order chi connectivity index (χ0) is 22.3. The lowest BCUT2D eigenvalue weighted by Gasteiger charge is -2.18. The lowest BCUT2D eigenvalue weighted by atomic mass is 10.1. The van der Waals surface area contributed by atoms with E-state index in [-0.39, 0.29) is 5.91 Å². The molecule has 4 aromatic rings. The molecule has 3 heterocycles.